The van der Waals surface area contributed by atoms with Gasteiger partial charge in [0.2, 0.25) is 19.7 Å². The van der Waals surface area contributed by atoms with Crippen LogP contribution in [0.15, 0.2) is 238 Å². The van der Waals surface area contributed by atoms with Crippen molar-refractivity contribution in [1.29, 1.82) is 0 Å². The van der Waals surface area contributed by atoms with Gasteiger partial charge in [-0.1, -0.05) is 98.3 Å². The number of carbonyl (C=O) groups excluding carboxylic acids is 1. The fourth-order valence-electron chi connectivity index (χ4n) is 8.18. The molecule has 0 N–H and O–H groups in total. The lowest BCUT2D eigenvalue weighted by Gasteiger charge is -2.26. The van der Waals surface area contributed by atoms with Gasteiger partial charge in [0.05, 0.1) is 19.6 Å². The molecule has 0 aliphatic rings. The Kier molecular flexibility index (Phi) is 13.6. The van der Waals surface area contributed by atoms with Crippen molar-refractivity contribution in [3.8, 4) is 34.5 Å². The summed E-state index contributed by atoms with van der Waals surface area (Å²) in [6.07, 6.45) is 0.518. The SMILES string of the molecule is Cc1ccc(S(=O)(=O)c2ccc(Oc3ccc(C(C)(C)c4ccc(Oc5ccc(S(=O)(=O)c6ccc(Cc7ccc(C)c(C(=O)c8ccc(Oc9ccccc9)cc8)c7)cc6)cc5)cc4)cc3)cc2)cc1. The van der Waals surface area contributed by atoms with Gasteiger partial charge >= 0.3 is 0 Å². The molecule has 0 atom stereocenters. The first kappa shape index (κ1) is 48.0. The number of aryl methyl sites for hydroxylation is 2. The molecule has 0 aliphatic heterocycles. The maximum absolute atomic E-state index is 13.7. The van der Waals surface area contributed by atoms with E-state index in [1.165, 1.54) is 0 Å². The molecule has 0 spiro atoms. The summed E-state index contributed by atoms with van der Waals surface area (Å²) in [6, 6.07) is 64.4. The highest BCUT2D eigenvalue weighted by Gasteiger charge is 2.24. The number of ether oxygens (including phenoxy) is 3. The molecule has 0 aliphatic carbocycles. The van der Waals surface area contributed by atoms with Crippen molar-refractivity contribution in [2.45, 2.75) is 59.1 Å². The standard InChI is InChI=1S/C61H50O8S2/c1-42-10-32-55(33-11-42)70(63,64)57-36-28-53(29-37-57)68-51-24-18-47(19-25-51)61(3,4)48-20-26-52(27-21-48)69-54-30-38-58(39-31-54)71(65,66)56-34-14-44(15-35-56)40-45-13-12-43(2)59(41-45)60(62)46-16-22-50(23-17-46)67-49-8-6-5-7-9-49/h5-39,41H,40H2,1-4H3. The monoisotopic (exact) mass is 974 g/mol. The number of carbonyl (C=O) groups is 1. The summed E-state index contributed by atoms with van der Waals surface area (Å²) in [7, 11) is -7.45. The van der Waals surface area contributed by atoms with Gasteiger partial charge in [-0.3, -0.25) is 4.79 Å². The zero-order valence-electron chi connectivity index (χ0n) is 39.6. The third-order valence-corrected chi connectivity index (χ3v) is 16.1. The number of sulfone groups is 2. The third kappa shape index (κ3) is 10.9. The molecular weight excluding hydrogens is 925 g/mol. The number of benzene rings is 9. The van der Waals surface area contributed by atoms with Gasteiger partial charge in [-0.05, 0) is 188 Å². The van der Waals surface area contributed by atoms with E-state index < -0.39 is 19.7 Å². The Morgan fingerprint density at radius 3 is 1.20 bits per heavy atom. The average molecular weight is 975 g/mol. The Balaban J connectivity index is 0.786. The lowest BCUT2D eigenvalue weighted by atomic mass is 9.78. The van der Waals surface area contributed by atoms with E-state index in [1.807, 2.05) is 111 Å². The first-order valence-corrected chi connectivity index (χ1v) is 26.0. The molecule has 0 bridgehead atoms. The minimum atomic E-state index is -3.81. The summed E-state index contributed by atoms with van der Waals surface area (Å²) >= 11 is 0. The van der Waals surface area contributed by atoms with Crippen molar-refractivity contribution in [3.05, 3.63) is 263 Å². The molecule has 0 heterocycles. The van der Waals surface area contributed by atoms with Crippen LogP contribution in [0, 0.1) is 13.8 Å². The number of para-hydroxylation sites is 1. The Morgan fingerprint density at radius 2 is 0.761 bits per heavy atom. The van der Waals surface area contributed by atoms with Crippen molar-refractivity contribution in [3.63, 3.8) is 0 Å². The lowest BCUT2D eigenvalue weighted by molar-refractivity contribution is 0.103. The van der Waals surface area contributed by atoms with Crippen molar-refractivity contribution in [2.75, 3.05) is 0 Å². The first-order valence-electron chi connectivity index (χ1n) is 23.0. The zero-order chi connectivity index (χ0) is 49.8. The molecule has 10 heteroatoms. The van der Waals surface area contributed by atoms with Gasteiger partial charge in [0.15, 0.2) is 5.78 Å². The first-order chi connectivity index (χ1) is 34.1. The Labute approximate surface area is 415 Å². The molecule has 0 fully saturated rings. The van der Waals surface area contributed by atoms with Gasteiger partial charge in [-0.15, -0.1) is 0 Å². The second-order valence-electron chi connectivity index (χ2n) is 17.9. The molecule has 0 saturated carbocycles. The smallest absolute Gasteiger partial charge is 0.206 e. The van der Waals surface area contributed by atoms with Gasteiger partial charge in [0, 0.05) is 16.5 Å². The molecular formula is C61H50O8S2. The summed E-state index contributed by atoms with van der Waals surface area (Å²) in [6.45, 7) is 8.09. The van der Waals surface area contributed by atoms with E-state index in [9.17, 15) is 21.6 Å². The molecule has 8 nitrogen and oxygen atoms in total. The highest BCUT2D eigenvalue weighted by molar-refractivity contribution is 7.91. The van der Waals surface area contributed by atoms with Gasteiger partial charge in [-0.2, -0.15) is 0 Å². The van der Waals surface area contributed by atoms with E-state index >= 15 is 0 Å². The fourth-order valence-corrected chi connectivity index (χ4v) is 10.7. The summed E-state index contributed by atoms with van der Waals surface area (Å²) in [5.41, 5.74) is 6.61. The molecule has 0 unspecified atom stereocenters. The Morgan fingerprint density at radius 1 is 0.408 bits per heavy atom. The van der Waals surface area contributed by atoms with Crippen LogP contribution in [0.1, 0.15) is 63.1 Å². The second kappa shape index (κ2) is 20.1. The predicted molar refractivity (Wildman–Crippen MR) is 277 cm³/mol. The zero-order valence-corrected chi connectivity index (χ0v) is 41.2. The van der Waals surface area contributed by atoms with Crippen LogP contribution in [0.25, 0.3) is 0 Å². The van der Waals surface area contributed by atoms with Crippen LogP contribution in [-0.2, 0) is 31.5 Å². The maximum Gasteiger partial charge on any atom is 0.206 e. The highest BCUT2D eigenvalue weighted by Crippen LogP contribution is 2.36. The Hall–Kier alpha value is -8.05. The van der Waals surface area contributed by atoms with Crippen LogP contribution in [-0.4, -0.2) is 22.6 Å². The predicted octanol–water partition coefficient (Wildman–Crippen LogP) is 14.5. The van der Waals surface area contributed by atoms with Crippen molar-refractivity contribution < 1.29 is 35.8 Å². The van der Waals surface area contributed by atoms with Crippen LogP contribution in [0.5, 0.6) is 34.5 Å². The average Bonchev–Trinajstić information content (AvgIpc) is 3.38. The minimum Gasteiger partial charge on any atom is -0.457 e. The van der Waals surface area contributed by atoms with E-state index in [0.29, 0.717) is 46.3 Å². The normalized spacial score (nSPS) is 11.7. The van der Waals surface area contributed by atoms with Crippen LogP contribution in [0.4, 0.5) is 0 Å². The summed E-state index contributed by atoms with van der Waals surface area (Å²) < 4.78 is 71.7. The fraction of sp³-hybridized carbons (Fsp3) is 0.0984. The van der Waals surface area contributed by atoms with E-state index in [2.05, 4.69) is 13.8 Å². The minimum absolute atomic E-state index is 0.0861. The highest BCUT2D eigenvalue weighted by atomic mass is 32.2. The Bertz CT molecular complexity index is 3540. The van der Waals surface area contributed by atoms with E-state index in [-0.39, 0.29) is 30.8 Å². The molecule has 0 aromatic heterocycles. The number of ketones is 1. The molecule has 0 amide bonds. The van der Waals surface area contributed by atoms with E-state index in [1.54, 1.807) is 121 Å². The molecule has 0 radical (unpaired) electrons. The molecule has 354 valence electrons. The molecule has 9 aromatic carbocycles. The van der Waals surface area contributed by atoms with Gasteiger partial charge in [0.25, 0.3) is 0 Å². The molecule has 0 saturated heterocycles. The van der Waals surface area contributed by atoms with E-state index in [0.717, 1.165) is 39.1 Å². The summed E-state index contributed by atoms with van der Waals surface area (Å²) in [5, 5.41) is 0. The second-order valence-corrected chi connectivity index (χ2v) is 21.8. The quantitative estimate of drug-likeness (QED) is 0.0880. The van der Waals surface area contributed by atoms with Crippen molar-refractivity contribution in [1.82, 2.24) is 0 Å². The molecule has 9 aromatic rings. The van der Waals surface area contributed by atoms with E-state index in [4.69, 9.17) is 14.2 Å². The third-order valence-electron chi connectivity index (χ3n) is 12.5. The van der Waals surface area contributed by atoms with Crippen LogP contribution in [0.2, 0.25) is 0 Å². The van der Waals surface area contributed by atoms with Crippen LogP contribution >= 0.6 is 0 Å². The van der Waals surface area contributed by atoms with Crippen LogP contribution < -0.4 is 14.2 Å². The number of hydrogen-bond acceptors (Lipinski definition) is 8. The largest absolute Gasteiger partial charge is 0.457 e. The van der Waals surface area contributed by atoms with Crippen LogP contribution in [0.3, 0.4) is 0 Å². The van der Waals surface area contributed by atoms with Crippen molar-refractivity contribution in [2.24, 2.45) is 0 Å². The van der Waals surface area contributed by atoms with Gasteiger partial charge in [0.1, 0.15) is 34.5 Å². The number of hydrogen-bond donors (Lipinski definition) is 0. The topological polar surface area (TPSA) is 113 Å². The molecule has 9 rings (SSSR count). The van der Waals surface area contributed by atoms with Gasteiger partial charge < -0.3 is 14.2 Å². The van der Waals surface area contributed by atoms with Crippen molar-refractivity contribution >= 4 is 25.5 Å². The number of rotatable bonds is 16. The maximum atomic E-state index is 13.7. The summed E-state index contributed by atoms with van der Waals surface area (Å²) in [4.78, 5) is 14.4. The molecule has 71 heavy (non-hydrogen) atoms. The summed E-state index contributed by atoms with van der Waals surface area (Å²) in [5.74, 6) is 3.51. The van der Waals surface area contributed by atoms with Gasteiger partial charge in [-0.25, -0.2) is 16.8 Å². The lowest BCUT2D eigenvalue weighted by Crippen LogP contribution is -2.18.